The zero-order valence-corrected chi connectivity index (χ0v) is 15.7. The smallest absolute Gasteiger partial charge is 0.201 e. The molecule has 0 bridgehead atoms. The number of hydrogen-bond donors (Lipinski definition) is 0. The lowest BCUT2D eigenvalue weighted by molar-refractivity contribution is 0.279. The first-order valence-corrected chi connectivity index (χ1v) is 8.63. The third-order valence-electron chi connectivity index (χ3n) is 4.24. The fraction of sp³-hybridized carbons (Fsp3) is 0.444. The van der Waals surface area contributed by atoms with Gasteiger partial charge in [-0.3, -0.25) is 4.98 Å². The van der Waals surface area contributed by atoms with Crippen molar-refractivity contribution in [2.75, 3.05) is 0 Å². The lowest BCUT2D eigenvalue weighted by Gasteiger charge is -2.22. The first-order valence-electron chi connectivity index (χ1n) is 8.63. The van der Waals surface area contributed by atoms with Crippen molar-refractivity contribution in [3.8, 4) is 0 Å². The van der Waals surface area contributed by atoms with Gasteiger partial charge in [-0.25, -0.2) is 4.98 Å². The van der Waals surface area contributed by atoms with Crippen molar-refractivity contribution in [3.63, 3.8) is 0 Å². The van der Waals surface area contributed by atoms with Gasteiger partial charge < -0.3 is 0 Å². The number of hydrogen-bond acceptors (Lipinski definition) is 6. The van der Waals surface area contributed by atoms with Crippen molar-refractivity contribution in [3.05, 3.63) is 36.3 Å². The predicted molar refractivity (Wildman–Crippen MR) is 98.7 cm³/mol. The van der Waals surface area contributed by atoms with Gasteiger partial charge >= 0.3 is 0 Å². The summed E-state index contributed by atoms with van der Waals surface area (Å²) in [6.07, 6.45) is 4.18. The molecule has 0 fully saturated rings. The van der Waals surface area contributed by atoms with Crippen molar-refractivity contribution in [1.82, 2.24) is 40.0 Å². The summed E-state index contributed by atoms with van der Waals surface area (Å²) < 4.78 is 0. The first-order chi connectivity index (χ1) is 12.2. The molecule has 0 spiro atoms. The van der Waals surface area contributed by atoms with E-state index >= 15 is 0 Å². The van der Waals surface area contributed by atoms with E-state index in [4.69, 9.17) is 0 Å². The van der Waals surface area contributed by atoms with E-state index < -0.39 is 0 Å². The molecule has 0 aliphatic carbocycles. The zero-order valence-electron chi connectivity index (χ0n) is 15.7. The van der Waals surface area contributed by atoms with Crippen LogP contribution in [0.2, 0.25) is 0 Å². The minimum absolute atomic E-state index is 0.162. The fourth-order valence-electron chi connectivity index (χ4n) is 2.80. The van der Waals surface area contributed by atoms with Gasteiger partial charge in [0.15, 0.2) is 0 Å². The largest absolute Gasteiger partial charge is 0.259 e. The highest BCUT2D eigenvalue weighted by molar-refractivity contribution is 5.72. The van der Waals surface area contributed by atoms with Crippen LogP contribution in [-0.2, 0) is 17.5 Å². The highest BCUT2D eigenvalue weighted by Gasteiger charge is 2.25. The van der Waals surface area contributed by atoms with E-state index in [2.05, 4.69) is 65.0 Å². The maximum atomic E-state index is 4.60. The third-order valence-corrected chi connectivity index (χ3v) is 4.24. The van der Waals surface area contributed by atoms with Crippen molar-refractivity contribution in [2.45, 2.75) is 52.1 Å². The molecule has 0 aromatic carbocycles. The van der Waals surface area contributed by atoms with Crippen LogP contribution in [0.3, 0.4) is 0 Å². The molecule has 0 atom stereocenters. The SMILES string of the molecule is CC(C)(C)n1nc2cnc(CC(C)(C)n3nc4cccnc4n3)cc2n1. The van der Waals surface area contributed by atoms with Gasteiger partial charge in [-0.1, -0.05) is 0 Å². The number of nitrogens with zero attached hydrogens (tertiary/aromatic N) is 8. The van der Waals surface area contributed by atoms with E-state index in [-0.39, 0.29) is 11.1 Å². The molecule has 0 saturated heterocycles. The Labute approximate surface area is 151 Å². The standard InChI is InChI=1S/C18H22N8/c1-17(2,3)25-22-14-9-12(20-11-15(14)23-25)10-18(4,5)26-21-13-7-6-8-19-16(13)24-26/h6-9,11H,10H2,1-5H3. The molecule has 0 N–H and O–H groups in total. The third kappa shape index (κ3) is 2.91. The van der Waals surface area contributed by atoms with Crippen LogP contribution < -0.4 is 0 Å². The molecule has 4 aromatic rings. The Bertz CT molecular complexity index is 1050. The van der Waals surface area contributed by atoms with Crippen LogP contribution in [-0.4, -0.2) is 40.0 Å². The van der Waals surface area contributed by atoms with Gasteiger partial charge in [-0.05, 0) is 52.8 Å². The predicted octanol–water partition coefficient (Wildman–Crippen LogP) is 2.70. The summed E-state index contributed by atoms with van der Waals surface area (Å²) in [5, 5.41) is 18.2. The van der Waals surface area contributed by atoms with Gasteiger partial charge in [0.05, 0.1) is 17.3 Å². The minimum atomic E-state index is -0.346. The van der Waals surface area contributed by atoms with Crippen LogP contribution in [0.25, 0.3) is 22.2 Å². The van der Waals surface area contributed by atoms with Crippen LogP contribution in [0.1, 0.15) is 40.3 Å². The molecule has 0 amide bonds. The van der Waals surface area contributed by atoms with E-state index in [1.165, 1.54) is 0 Å². The fourth-order valence-corrected chi connectivity index (χ4v) is 2.80. The maximum Gasteiger partial charge on any atom is 0.201 e. The normalized spacial score (nSPS) is 13.0. The molecule has 0 unspecified atom stereocenters. The Kier molecular flexibility index (Phi) is 3.54. The summed E-state index contributed by atoms with van der Waals surface area (Å²) in [4.78, 5) is 12.3. The van der Waals surface area contributed by atoms with E-state index in [0.29, 0.717) is 12.1 Å². The molecular formula is C18H22N8. The van der Waals surface area contributed by atoms with Gasteiger partial charge in [0.2, 0.25) is 5.65 Å². The molecule has 0 radical (unpaired) electrons. The van der Waals surface area contributed by atoms with Crippen molar-refractivity contribution in [1.29, 1.82) is 0 Å². The maximum absolute atomic E-state index is 4.60. The summed E-state index contributed by atoms with van der Waals surface area (Å²) in [5.41, 5.74) is 3.51. The van der Waals surface area contributed by atoms with Gasteiger partial charge in [-0.15, -0.1) is 5.10 Å². The second kappa shape index (κ2) is 5.55. The van der Waals surface area contributed by atoms with Gasteiger partial charge in [0, 0.05) is 18.3 Å². The number of pyridine rings is 2. The van der Waals surface area contributed by atoms with Crippen LogP contribution in [0.4, 0.5) is 0 Å². The summed E-state index contributed by atoms with van der Waals surface area (Å²) in [7, 11) is 0. The molecule has 4 rings (SSSR count). The Morgan fingerprint density at radius 1 is 0.846 bits per heavy atom. The molecule has 0 saturated carbocycles. The van der Waals surface area contributed by atoms with Gasteiger partial charge in [0.25, 0.3) is 0 Å². The highest BCUT2D eigenvalue weighted by Crippen LogP contribution is 2.22. The van der Waals surface area contributed by atoms with E-state index in [1.54, 1.807) is 22.0 Å². The van der Waals surface area contributed by atoms with E-state index in [0.717, 1.165) is 22.2 Å². The Morgan fingerprint density at radius 3 is 2.31 bits per heavy atom. The second-order valence-electron chi connectivity index (χ2n) is 8.15. The summed E-state index contributed by atoms with van der Waals surface area (Å²) in [6.45, 7) is 10.4. The molecule has 0 aliphatic heterocycles. The molecule has 8 nitrogen and oxygen atoms in total. The highest BCUT2D eigenvalue weighted by atomic mass is 15.5. The first kappa shape index (κ1) is 16.6. The van der Waals surface area contributed by atoms with Crippen LogP contribution in [0, 0.1) is 0 Å². The number of rotatable bonds is 3. The van der Waals surface area contributed by atoms with Crippen molar-refractivity contribution in [2.24, 2.45) is 0 Å². The summed E-state index contributed by atoms with van der Waals surface area (Å²) >= 11 is 0. The monoisotopic (exact) mass is 350 g/mol. The Morgan fingerprint density at radius 2 is 1.58 bits per heavy atom. The molecule has 4 aromatic heterocycles. The summed E-state index contributed by atoms with van der Waals surface area (Å²) in [6, 6.07) is 5.77. The lowest BCUT2D eigenvalue weighted by atomic mass is 9.99. The molecule has 134 valence electrons. The summed E-state index contributed by atoms with van der Waals surface area (Å²) in [5.74, 6) is 0. The minimum Gasteiger partial charge on any atom is -0.259 e. The van der Waals surface area contributed by atoms with Gasteiger partial charge in [0.1, 0.15) is 16.6 Å². The van der Waals surface area contributed by atoms with Crippen LogP contribution in [0.15, 0.2) is 30.6 Å². The van der Waals surface area contributed by atoms with E-state index in [9.17, 15) is 0 Å². The van der Waals surface area contributed by atoms with Crippen molar-refractivity contribution >= 4 is 22.2 Å². The molecule has 26 heavy (non-hydrogen) atoms. The average molecular weight is 350 g/mol. The quantitative estimate of drug-likeness (QED) is 0.564. The van der Waals surface area contributed by atoms with Crippen molar-refractivity contribution < 1.29 is 0 Å². The average Bonchev–Trinajstić information content (AvgIpc) is 3.18. The van der Waals surface area contributed by atoms with Crippen LogP contribution >= 0.6 is 0 Å². The molecule has 8 heteroatoms. The number of aromatic nitrogens is 8. The Hall–Kier alpha value is -2.90. The van der Waals surface area contributed by atoms with Gasteiger partial charge in [-0.2, -0.15) is 24.9 Å². The van der Waals surface area contributed by atoms with Crippen LogP contribution in [0.5, 0.6) is 0 Å². The lowest BCUT2D eigenvalue weighted by Crippen LogP contribution is -2.31. The van der Waals surface area contributed by atoms with E-state index in [1.807, 2.05) is 18.2 Å². The zero-order chi connectivity index (χ0) is 18.5. The second-order valence-corrected chi connectivity index (χ2v) is 8.15. The molecule has 0 aliphatic rings. The molecule has 4 heterocycles. The number of fused-ring (bicyclic) bond motifs is 2. The Balaban J connectivity index is 1.66. The molecular weight excluding hydrogens is 328 g/mol. The topological polar surface area (TPSA) is 87.2 Å².